The lowest BCUT2D eigenvalue weighted by Gasteiger charge is -2.50. The number of ether oxygens (including phenoxy) is 3. The molecule has 0 aliphatic carbocycles. The van der Waals surface area contributed by atoms with Crippen molar-refractivity contribution < 1.29 is 33.1 Å². The molecule has 3 aliphatic rings. The van der Waals surface area contributed by atoms with E-state index in [1.807, 2.05) is 48.5 Å². The highest BCUT2D eigenvalue weighted by Crippen LogP contribution is 2.61. The Labute approximate surface area is 271 Å². The van der Waals surface area contributed by atoms with Gasteiger partial charge in [-0.2, -0.15) is 0 Å². The molecule has 44 heavy (non-hydrogen) atoms. The van der Waals surface area contributed by atoms with E-state index in [1.54, 1.807) is 18.2 Å². The molecule has 5 atom stereocenters. The standard InChI is InChI=1S/C34H36IN3O6/c1-38(2)28-18-25(19-34(38,35)32-31(28)44-32)43-33(41)37-27-16-21(12-15-26(27)22-9-5-4-6-10-22)8-7-11-30(40)36-24-14-13-23(20-39)29(17-24)42-3/h4-6,9-10,12-17,20,25,28,31-32H,7-8,11,18-19H2,1-3H3,(H-,36,37,39,40,41)/p+1/t25-,28-,31-,32+,34-/m0/s1. The van der Waals surface area contributed by atoms with Crippen molar-refractivity contribution in [3.05, 3.63) is 77.9 Å². The van der Waals surface area contributed by atoms with Crippen LogP contribution in [0.4, 0.5) is 16.2 Å². The molecule has 6 rings (SSSR count). The van der Waals surface area contributed by atoms with Crippen molar-refractivity contribution in [3.8, 4) is 16.9 Å². The second kappa shape index (κ2) is 12.1. The zero-order valence-corrected chi connectivity index (χ0v) is 27.2. The van der Waals surface area contributed by atoms with Crippen molar-refractivity contribution >= 4 is 52.3 Å². The number of piperidine rings is 1. The molecule has 3 saturated heterocycles. The average Bonchev–Trinajstić information content (AvgIpc) is 3.79. The van der Waals surface area contributed by atoms with Crippen molar-refractivity contribution in [2.75, 3.05) is 31.8 Å². The van der Waals surface area contributed by atoms with E-state index in [4.69, 9.17) is 14.2 Å². The molecule has 0 radical (unpaired) electrons. The first kappa shape index (κ1) is 30.5. The van der Waals surface area contributed by atoms with Gasteiger partial charge in [0.2, 0.25) is 5.91 Å². The van der Waals surface area contributed by atoms with Crippen LogP contribution in [0.15, 0.2) is 66.7 Å². The van der Waals surface area contributed by atoms with Crippen LogP contribution in [0.25, 0.3) is 11.1 Å². The largest absolute Gasteiger partial charge is 0.496 e. The fourth-order valence-electron chi connectivity index (χ4n) is 6.83. The van der Waals surface area contributed by atoms with E-state index in [9.17, 15) is 14.4 Å². The number of methoxy groups -OCH3 is 1. The van der Waals surface area contributed by atoms with E-state index in [2.05, 4.69) is 47.3 Å². The highest BCUT2D eigenvalue weighted by molar-refractivity contribution is 14.1. The average molecular weight is 711 g/mol. The Morgan fingerprint density at radius 2 is 1.89 bits per heavy atom. The summed E-state index contributed by atoms with van der Waals surface area (Å²) >= 11 is 2.53. The summed E-state index contributed by atoms with van der Waals surface area (Å²) in [6, 6.07) is 21.2. The molecule has 3 aromatic carbocycles. The molecule has 10 heteroatoms. The minimum atomic E-state index is -0.457. The van der Waals surface area contributed by atoms with E-state index in [-0.39, 0.29) is 27.8 Å². The number of epoxide rings is 1. The molecular formula is C34H37IN3O6+. The normalized spacial score (nSPS) is 25.8. The van der Waals surface area contributed by atoms with Gasteiger partial charge in [0.05, 0.1) is 38.9 Å². The van der Waals surface area contributed by atoms with Gasteiger partial charge in [-0.25, -0.2) is 4.79 Å². The van der Waals surface area contributed by atoms with Gasteiger partial charge >= 0.3 is 6.09 Å². The summed E-state index contributed by atoms with van der Waals surface area (Å²) in [5, 5.41) is 5.91. The molecule has 0 saturated carbocycles. The van der Waals surface area contributed by atoms with E-state index in [0.717, 1.165) is 34.0 Å². The van der Waals surface area contributed by atoms with Gasteiger partial charge in [-0.3, -0.25) is 14.9 Å². The lowest BCUT2D eigenvalue weighted by Crippen LogP contribution is -2.65. The maximum absolute atomic E-state index is 13.3. The molecule has 3 aliphatic heterocycles. The quantitative estimate of drug-likeness (QED) is 0.0649. The minimum absolute atomic E-state index is 0.0945. The minimum Gasteiger partial charge on any atom is -0.496 e. The Balaban J connectivity index is 1.10. The molecule has 0 unspecified atom stereocenters. The van der Waals surface area contributed by atoms with Crippen LogP contribution in [0, 0.1) is 0 Å². The van der Waals surface area contributed by atoms with Crippen LogP contribution < -0.4 is 15.4 Å². The number of carbonyl (C=O) groups excluding carboxylic acids is 3. The summed E-state index contributed by atoms with van der Waals surface area (Å²) in [5.74, 6) is 0.279. The molecule has 2 bridgehead atoms. The number of quaternary nitrogens is 1. The van der Waals surface area contributed by atoms with Crippen LogP contribution in [-0.4, -0.2) is 71.9 Å². The molecule has 2 amide bonds. The number of hydrogen-bond acceptors (Lipinski definition) is 6. The third-order valence-corrected chi connectivity index (χ3v) is 11.6. The number of nitrogens with one attached hydrogen (secondary N) is 2. The Kier molecular flexibility index (Phi) is 8.42. The summed E-state index contributed by atoms with van der Waals surface area (Å²) in [6.07, 6.45) is 3.69. The number of morpholine rings is 1. The van der Waals surface area contributed by atoms with Crippen LogP contribution in [0.5, 0.6) is 5.75 Å². The van der Waals surface area contributed by atoms with Gasteiger partial charge in [0.15, 0.2) is 15.9 Å². The first-order chi connectivity index (χ1) is 21.1. The third kappa shape index (κ3) is 5.82. The van der Waals surface area contributed by atoms with Crippen LogP contribution >= 0.6 is 22.6 Å². The summed E-state index contributed by atoms with van der Waals surface area (Å²) in [7, 11) is 6.00. The van der Waals surface area contributed by atoms with Crippen LogP contribution in [-0.2, 0) is 20.7 Å². The fraction of sp³-hybridized carbons (Fsp3) is 0.382. The number of carbonyl (C=O) groups is 3. The first-order valence-corrected chi connectivity index (χ1v) is 16.0. The predicted octanol–water partition coefficient (Wildman–Crippen LogP) is 6.20. The molecule has 3 aromatic rings. The third-order valence-electron chi connectivity index (χ3n) is 9.34. The maximum Gasteiger partial charge on any atom is 0.411 e. The Bertz CT molecular complexity index is 1580. The number of aryl methyl sites for hydroxylation is 1. The van der Waals surface area contributed by atoms with Gasteiger partial charge in [0, 0.05) is 30.2 Å². The number of aldehydes is 1. The Hall–Kier alpha value is -3.48. The van der Waals surface area contributed by atoms with Gasteiger partial charge in [-0.15, -0.1) is 0 Å². The number of halogens is 1. The van der Waals surface area contributed by atoms with Gasteiger partial charge in [0.25, 0.3) is 0 Å². The number of rotatable bonds is 10. The highest BCUT2D eigenvalue weighted by Gasteiger charge is 2.78. The van der Waals surface area contributed by atoms with Crippen molar-refractivity contribution in [2.45, 2.75) is 60.0 Å². The SMILES string of the molecule is COc1cc(NC(=O)CCCc2ccc(-c3ccccc3)c(NC(=O)O[C@H]3C[C@H]4[C@@H]5O[C@H]5[C@](I)(C3)[N+]4(C)C)c2)ccc1C=O. The number of hydrogen-bond donors (Lipinski definition) is 2. The van der Waals surface area contributed by atoms with Crippen molar-refractivity contribution in [1.82, 2.24) is 0 Å². The van der Waals surface area contributed by atoms with Gasteiger partial charge in [-0.1, -0.05) is 42.5 Å². The molecule has 9 nitrogen and oxygen atoms in total. The van der Waals surface area contributed by atoms with E-state index < -0.39 is 6.09 Å². The zero-order chi connectivity index (χ0) is 31.1. The molecule has 2 N–H and O–H groups in total. The van der Waals surface area contributed by atoms with Crippen molar-refractivity contribution in [1.29, 1.82) is 0 Å². The molecule has 230 valence electrons. The molecule has 0 spiro atoms. The number of amides is 2. The molecule has 0 aromatic heterocycles. The summed E-state index contributed by atoms with van der Waals surface area (Å²) in [4.78, 5) is 37.0. The predicted molar refractivity (Wildman–Crippen MR) is 176 cm³/mol. The van der Waals surface area contributed by atoms with Crippen molar-refractivity contribution in [2.24, 2.45) is 0 Å². The van der Waals surface area contributed by atoms with Gasteiger partial charge in [-0.05, 0) is 64.8 Å². The number of fused-ring (bicyclic) bond motifs is 5. The zero-order valence-electron chi connectivity index (χ0n) is 25.0. The van der Waals surface area contributed by atoms with Crippen LogP contribution in [0.3, 0.4) is 0 Å². The molecule has 3 heterocycles. The van der Waals surface area contributed by atoms with Crippen LogP contribution in [0.1, 0.15) is 41.6 Å². The number of nitrogens with zero attached hydrogens (tertiary/aromatic N) is 1. The summed E-state index contributed by atoms with van der Waals surface area (Å²) in [6.45, 7) is 0. The first-order valence-electron chi connectivity index (χ1n) is 14.9. The summed E-state index contributed by atoms with van der Waals surface area (Å²) < 4.78 is 18.0. The number of benzene rings is 3. The van der Waals surface area contributed by atoms with Gasteiger partial charge < -0.3 is 24.0 Å². The van der Waals surface area contributed by atoms with E-state index in [1.165, 1.54) is 7.11 Å². The highest BCUT2D eigenvalue weighted by atomic mass is 127. The van der Waals surface area contributed by atoms with E-state index in [0.29, 0.717) is 54.3 Å². The van der Waals surface area contributed by atoms with Crippen molar-refractivity contribution in [3.63, 3.8) is 0 Å². The number of anilines is 2. The second-order valence-electron chi connectivity index (χ2n) is 12.3. The lowest BCUT2D eigenvalue weighted by atomic mass is 9.96. The number of alkyl halides is 1. The Morgan fingerprint density at radius 3 is 2.61 bits per heavy atom. The second-order valence-corrected chi connectivity index (χ2v) is 14.1. The smallest absolute Gasteiger partial charge is 0.411 e. The number of likely N-dealkylation sites (N-methyl/N-ethyl adjacent to an activating group) is 1. The van der Waals surface area contributed by atoms with E-state index >= 15 is 0 Å². The maximum atomic E-state index is 13.3. The Morgan fingerprint density at radius 1 is 1.09 bits per heavy atom. The molecule has 3 fully saturated rings. The fourth-order valence-corrected chi connectivity index (χ4v) is 8.18. The van der Waals surface area contributed by atoms with Gasteiger partial charge in [0.1, 0.15) is 24.0 Å². The molecular weight excluding hydrogens is 673 g/mol. The van der Waals surface area contributed by atoms with Crippen LogP contribution in [0.2, 0.25) is 0 Å². The monoisotopic (exact) mass is 710 g/mol. The summed E-state index contributed by atoms with van der Waals surface area (Å²) in [5.41, 5.74) is 4.56. The lowest BCUT2D eigenvalue weighted by molar-refractivity contribution is -0.943. The topological polar surface area (TPSA) is 106 Å².